The van der Waals surface area contributed by atoms with Crippen molar-refractivity contribution in [2.45, 2.75) is 51.1 Å². The van der Waals surface area contributed by atoms with E-state index in [9.17, 15) is 0 Å². The van der Waals surface area contributed by atoms with Crippen molar-refractivity contribution in [1.29, 1.82) is 0 Å². The number of para-hydroxylation sites is 1. The standard InChI is InChI=1S/C23H27BO3/c1-5-23-18(11-16-19-20(21(19)23)22(16,3)4)26-24(27-23)13(2)10-14-12-25-17-9-7-6-8-15(14)17/h5-9,12-13,16,18-21H,1,10-11H2,2-4H3/t13?,16-,18?,19?,20-,21-,23+/m0/s1. The Morgan fingerprint density at radius 1 is 1.30 bits per heavy atom. The highest BCUT2D eigenvalue weighted by atomic mass is 16.7. The minimum absolute atomic E-state index is 0.163. The molecule has 4 fully saturated rings. The van der Waals surface area contributed by atoms with Gasteiger partial charge in [-0.25, -0.2) is 0 Å². The van der Waals surface area contributed by atoms with Crippen LogP contribution in [0.4, 0.5) is 0 Å². The first-order chi connectivity index (χ1) is 13.0. The minimum atomic E-state index is -0.267. The highest BCUT2D eigenvalue weighted by Crippen LogP contribution is 2.82. The molecule has 1 saturated heterocycles. The van der Waals surface area contributed by atoms with Gasteiger partial charge in [-0.2, -0.15) is 0 Å². The number of furan rings is 1. The van der Waals surface area contributed by atoms with Crippen LogP contribution in [0.2, 0.25) is 5.82 Å². The van der Waals surface area contributed by atoms with Gasteiger partial charge >= 0.3 is 7.12 Å². The Labute approximate surface area is 161 Å². The second kappa shape index (κ2) is 5.09. The second-order valence-electron chi connectivity index (χ2n) is 9.90. The molecule has 7 atom stereocenters. The third-order valence-corrected chi connectivity index (χ3v) is 8.35. The quantitative estimate of drug-likeness (QED) is 0.559. The van der Waals surface area contributed by atoms with E-state index in [1.807, 2.05) is 18.4 Å². The molecule has 3 nitrogen and oxygen atoms in total. The van der Waals surface area contributed by atoms with Crippen molar-refractivity contribution in [1.82, 2.24) is 0 Å². The number of rotatable bonds is 4. The molecule has 2 heterocycles. The zero-order valence-electron chi connectivity index (χ0n) is 16.4. The molecule has 4 aliphatic rings. The fraction of sp³-hybridized carbons (Fsp3) is 0.565. The van der Waals surface area contributed by atoms with E-state index in [-0.39, 0.29) is 24.6 Å². The Hall–Kier alpha value is -1.52. The summed E-state index contributed by atoms with van der Waals surface area (Å²) in [5.41, 5.74) is 2.37. The van der Waals surface area contributed by atoms with Crippen LogP contribution in [-0.4, -0.2) is 18.8 Å². The van der Waals surface area contributed by atoms with Gasteiger partial charge in [0.15, 0.2) is 0 Å². The fourth-order valence-corrected chi connectivity index (χ4v) is 7.00. The molecule has 1 aromatic heterocycles. The van der Waals surface area contributed by atoms with Crippen molar-refractivity contribution >= 4 is 18.1 Å². The lowest BCUT2D eigenvalue weighted by molar-refractivity contribution is -0.0195. The smallest absolute Gasteiger partial charge is 0.461 e. The second-order valence-corrected chi connectivity index (χ2v) is 9.90. The van der Waals surface area contributed by atoms with Crippen LogP contribution in [0, 0.1) is 29.1 Å². The highest BCUT2D eigenvalue weighted by molar-refractivity contribution is 6.47. The summed E-state index contributed by atoms with van der Waals surface area (Å²) < 4.78 is 19.0. The van der Waals surface area contributed by atoms with Crippen LogP contribution in [0.25, 0.3) is 11.0 Å². The van der Waals surface area contributed by atoms with Gasteiger partial charge in [-0.3, -0.25) is 0 Å². The summed E-state index contributed by atoms with van der Waals surface area (Å²) >= 11 is 0. The summed E-state index contributed by atoms with van der Waals surface area (Å²) in [6.45, 7) is 11.3. The number of fused-ring (bicyclic) bond motifs is 4. The van der Waals surface area contributed by atoms with Gasteiger partial charge in [-0.05, 0) is 59.4 Å². The third-order valence-electron chi connectivity index (χ3n) is 8.35. The van der Waals surface area contributed by atoms with Crippen LogP contribution >= 0.6 is 0 Å². The molecule has 0 amide bonds. The zero-order valence-corrected chi connectivity index (χ0v) is 16.4. The predicted octanol–water partition coefficient (Wildman–Crippen LogP) is 5.12. The molecule has 1 aliphatic heterocycles. The van der Waals surface area contributed by atoms with Crippen LogP contribution in [-0.2, 0) is 15.7 Å². The van der Waals surface area contributed by atoms with E-state index >= 15 is 0 Å². The van der Waals surface area contributed by atoms with Crippen LogP contribution in [0.1, 0.15) is 32.8 Å². The van der Waals surface area contributed by atoms with Crippen LogP contribution in [0.3, 0.4) is 0 Å². The average Bonchev–Trinajstić information content (AvgIpc) is 3.09. The van der Waals surface area contributed by atoms with Crippen LogP contribution in [0.5, 0.6) is 0 Å². The lowest BCUT2D eigenvalue weighted by Gasteiger charge is -2.46. The third kappa shape index (κ3) is 1.91. The summed E-state index contributed by atoms with van der Waals surface area (Å²) in [4.78, 5) is 0. The van der Waals surface area contributed by atoms with Crippen molar-refractivity contribution in [3.63, 3.8) is 0 Å². The summed E-state index contributed by atoms with van der Waals surface area (Å²) in [5.74, 6) is 3.31. The van der Waals surface area contributed by atoms with E-state index in [1.54, 1.807) is 0 Å². The van der Waals surface area contributed by atoms with Crippen molar-refractivity contribution < 1.29 is 13.7 Å². The molecule has 1 aromatic carbocycles. The summed E-state index contributed by atoms with van der Waals surface area (Å²) in [7, 11) is -0.163. The highest BCUT2D eigenvalue weighted by Gasteiger charge is 2.83. The normalized spacial score (nSPS) is 41.6. The van der Waals surface area contributed by atoms with Crippen LogP contribution in [0.15, 0.2) is 47.6 Å². The van der Waals surface area contributed by atoms with Gasteiger partial charge in [0.2, 0.25) is 0 Å². The Morgan fingerprint density at radius 2 is 2.11 bits per heavy atom. The fourth-order valence-electron chi connectivity index (χ4n) is 7.00. The number of hydrogen-bond donors (Lipinski definition) is 0. The van der Waals surface area contributed by atoms with Gasteiger partial charge in [0.1, 0.15) is 5.58 Å². The Balaban J connectivity index is 1.24. The maximum atomic E-state index is 6.70. The van der Waals surface area contributed by atoms with Gasteiger partial charge < -0.3 is 13.7 Å². The Kier molecular flexibility index (Phi) is 3.10. The predicted molar refractivity (Wildman–Crippen MR) is 106 cm³/mol. The van der Waals surface area contributed by atoms with E-state index in [4.69, 9.17) is 13.7 Å². The number of hydrogen-bond acceptors (Lipinski definition) is 3. The molecule has 0 radical (unpaired) electrons. The van der Waals surface area contributed by atoms with Gasteiger partial charge in [0.05, 0.1) is 18.0 Å². The molecule has 3 unspecified atom stereocenters. The molecule has 6 rings (SSSR count). The SMILES string of the molecule is C=C[C@@]12OB(C(C)Cc3coc4ccccc34)OC1C[C@H]1C3[C@@H]([C@H]32)C1(C)C. The number of benzene rings is 1. The molecule has 0 N–H and O–H groups in total. The first kappa shape index (κ1) is 16.4. The van der Waals surface area contributed by atoms with Gasteiger partial charge in [-0.15, -0.1) is 6.58 Å². The summed E-state index contributed by atoms with van der Waals surface area (Å²) in [6.07, 6.45) is 6.15. The van der Waals surface area contributed by atoms with Gasteiger partial charge in [0.25, 0.3) is 0 Å². The van der Waals surface area contributed by atoms with E-state index in [2.05, 4.69) is 45.6 Å². The van der Waals surface area contributed by atoms with E-state index < -0.39 is 0 Å². The molecular weight excluding hydrogens is 335 g/mol. The monoisotopic (exact) mass is 362 g/mol. The largest absolute Gasteiger partial charge is 0.464 e. The molecular formula is C23H27BO3. The maximum absolute atomic E-state index is 6.70. The molecule has 3 aliphatic carbocycles. The van der Waals surface area contributed by atoms with Crippen molar-refractivity contribution in [3.05, 3.63) is 48.7 Å². The molecule has 2 aromatic rings. The van der Waals surface area contributed by atoms with Gasteiger partial charge in [-0.1, -0.05) is 45.0 Å². The Bertz CT molecular complexity index is 933. The Morgan fingerprint density at radius 3 is 2.93 bits per heavy atom. The van der Waals surface area contributed by atoms with E-state index in [0.29, 0.717) is 11.3 Å². The average molecular weight is 362 g/mol. The molecule has 0 bridgehead atoms. The summed E-state index contributed by atoms with van der Waals surface area (Å²) in [5, 5.41) is 1.20. The summed E-state index contributed by atoms with van der Waals surface area (Å²) in [6, 6.07) is 8.23. The topological polar surface area (TPSA) is 31.6 Å². The molecule has 0 spiro atoms. The maximum Gasteiger partial charge on any atom is 0.461 e. The zero-order chi connectivity index (χ0) is 18.6. The van der Waals surface area contributed by atoms with Crippen molar-refractivity contribution in [2.75, 3.05) is 0 Å². The van der Waals surface area contributed by atoms with E-state index in [1.165, 1.54) is 10.9 Å². The molecule has 140 valence electrons. The van der Waals surface area contributed by atoms with Crippen LogP contribution < -0.4 is 0 Å². The molecule has 4 heteroatoms. The van der Waals surface area contributed by atoms with Gasteiger partial charge in [0, 0.05) is 5.39 Å². The van der Waals surface area contributed by atoms with Crippen molar-refractivity contribution in [2.24, 2.45) is 29.1 Å². The first-order valence-electron chi connectivity index (χ1n) is 10.4. The van der Waals surface area contributed by atoms with Crippen molar-refractivity contribution in [3.8, 4) is 0 Å². The molecule has 3 saturated carbocycles. The lowest BCUT2D eigenvalue weighted by Crippen LogP contribution is -2.47. The minimum Gasteiger partial charge on any atom is -0.464 e. The lowest BCUT2D eigenvalue weighted by atomic mass is 9.60. The van der Waals surface area contributed by atoms with E-state index in [0.717, 1.165) is 36.2 Å². The molecule has 27 heavy (non-hydrogen) atoms. The first-order valence-corrected chi connectivity index (χ1v) is 10.4.